The molecule has 0 radical (unpaired) electrons. The number of rotatable bonds is 6. The van der Waals surface area contributed by atoms with Crippen LogP contribution < -0.4 is 4.74 Å². The molecule has 2 heterocycles. The monoisotopic (exact) mass is 479 g/mol. The number of carbonyl (C=O) groups excluding carboxylic acids is 1. The van der Waals surface area contributed by atoms with E-state index in [0.29, 0.717) is 12.0 Å². The van der Waals surface area contributed by atoms with Crippen LogP contribution in [0.2, 0.25) is 5.02 Å². The van der Waals surface area contributed by atoms with Crippen molar-refractivity contribution in [2.45, 2.75) is 38.1 Å². The van der Waals surface area contributed by atoms with Gasteiger partial charge < -0.3 is 24.6 Å². The molecular weight excluding hydrogens is 463 g/mol. The van der Waals surface area contributed by atoms with E-state index in [9.17, 15) is 28.0 Å². The molecule has 0 saturated carbocycles. The number of benzene rings is 1. The van der Waals surface area contributed by atoms with E-state index in [1.54, 1.807) is 6.92 Å². The summed E-state index contributed by atoms with van der Waals surface area (Å²) in [5.41, 5.74) is -0.0571. The van der Waals surface area contributed by atoms with Gasteiger partial charge in [0.15, 0.2) is 6.04 Å². The zero-order valence-electron chi connectivity index (χ0n) is 16.5. The number of esters is 1. The Morgan fingerprint density at radius 3 is 2.81 bits per heavy atom. The van der Waals surface area contributed by atoms with Gasteiger partial charge in [0, 0.05) is 5.56 Å². The Balaban J connectivity index is 1.70. The summed E-state index contributed by atoms with van der Waals surface area (Å²) < 4.78 is 50.0. The number of hydrazine groups is 1. The Morgan fingerprint density at radius 1 is 1.44 bits per heavy atom. The molecule has 3 rings (SSSR count). The summed E-state index contributed by atoms with van der Waals surface area (Å²) in [5, 5.41) is 24.8. The van der Waals surface area contributed by atoms with Crippen LogP contribution in [0.25, 0.3) is 6.08 Å². The van der Waals surface area contributed by atoms with Crippen molar-refractivity contribution in [1.82, 2.24) is 5.01 Å². The van der Waals surface area contributed by atoms with Gasteiger partial charge in [-0.05, 0) is 43.5 Å². The molecule has 32 heavy (non-hydrogen) atoms. The minimum atomic E-state index is -4.95. The Hall–Kier alpha value is -3.22. The molecule has 174 valence electrons. The van der Waals surface area contributed by atoms with E-state index in [1.165, 1.54) is 12.1 Å². The largest absolute Gasteiger partial charge is 0.569 e. The number of halogens is 4. The van der Waals surface area contributed by atoms with Crippen LogP contribution in [0.5, 0.6) is 5.75 Å². The highest BCUT2D eigenvalue weighted by Gasteiger charge is 2.49. The molecule has 1 fully saturated rings. The topological polar surface area (TPSA) is 124 Å². The molecule has 0 unspecified atom stereocenters. The first kappa shape index (κ1) is 23.4. The number of carbonyl (C=O) groups is 2. The van der Waals surface area contributed by atoms with Crippen molar-refractivity contribution < 1.29 is 47.1 Å². The van der Waals surface area contributed by atoms with Crippen molar-refractivity contribution in [2.24, 2.45) is 5.28 Å². The maximum atomic E-state index is 13.5. The van der Waals surface area contributed by atoms with Gasteiger partial charge in [0.05, 0.1) is 22.1 Å². The van der Waals surface area contributed by atoms with Gasteiger partial charge in [0.1, 0.15) is 5.75 Å². The lowest BCUT2D eigenvalue weighted by atomic mass is 10.00. The third-order valence-corrected chi connectivity index (χ3v) is 4.96. The normalized spacial score (nSPS) is 20.8. The summed E-state index contributed by atoms with van der Waals surface area (Å²) in [6, 6.07) is 1.82. The number of ether oxygens (including phenoxy) is 2. The fourth-order valence-electron chi connectivity index (χ4n) is 3.31. The molecule has 1 aromatic carbocycles. The summed E-state index contributed by atoms with van der Waals surface area (Å²) in [7, 11) is 0. The summed E-state index contributed by atoms with van der Waals surface area (Å²) in [4.78, 5) is 27.8. The highest BCUT2D eigenvalue weighted by Crippen LogP contribution is 2.41. The summed E-state index contributed by atoms with van der Waals surface area (Å²) in [5.74, 6) is -2.85. The van der Waals surface area contributed by atoms with Crippen LogP contribution in [0.3, 0.4) is 0 Å². The van der Waals surface area contributed by atoms with Crippen LogP contribution in [0.4, 0.5) is 13.2 Å². The van der Waals surface area contributed by atoms with Crippen molar-refractivity contribution >= 4 is 29.6 Å². The Morgan fingerprint density at radius 2 is 2.16 bits per heavy atom. The van der Waals surface area contributed by atoms with E-state index in [4.69, 9.17) is 21.4 Å². The van der Waals surface area contributed by atoms with Crippen molar-refractivity contribution in [2.75, 3.05) is 13.3 Å². The number of fused-ring (bicyclic) bond motifs is 1. The molecule has 1 N–H and O–H groups in total. The van der Waals surface area contributed by atoms with E-state index in [-0.39, 0.29) is 34.3 Å². The second-order valence-electron chi connectivity index (χ2n) is 6.98. The molecule has 10 nitrogen and oxygen atoms in total. The standard InChI is InChI=1S/C18H17ClF3N3O7/c1-9-5-10-7-11(15(18(20,21)22)32-14(10)12(19)6-9)17(28)30-8-31-23-25(29)24-4-2-3-13(24)16(26)27/h5-7,13,15H,2-4,8H2,1H3,(H,26,27)/b25-23-/t13-,15-/m0/s1. The Labute approximate surface area is 183 Å². The average Bonchev–Trinajstić information content (AvgIpc) is 3.19. The third-order valence-electron chi connectivity index (χ3n) is 4.68. The third kappa shape index (κ3) is 4.98. The lowest BCUT2D eigenvalue weighted by Gasteiger charge is -2.28. The molecule has 2 atom stereocenters. The highest BCUT2D eigenvalue weighted by atomic mass is 35.5. The number of hydrogen-bond donors (Lipinski definition) is 1. The maximum absolute atomic E-state index is 13.5. The summed E-state index contributed by atoms with van der Waals surface area (Å²) in [6.45, 7) is 0.783. The lowest BCUT2D eigenvalue weighted by Crippen LogP contribution is -2.41. The van der Waals surface area contributed by atoms with Gasteiger partial charge in [-0.25, -0.2) is 9.59 Å². The van der Waals surface area contributed by atoms with E-state index < -0.39 is 42.6 Å². The number of carboxylic acids is 1. The molecule has 2 aliphatic rings. The fraction of sp³-hybridized carbons (Fsp3) is 0.444. The number of alkyl halides is 3. The number of carboxylic acid groups (broad SMARTS) is 1. The molecule has 1 aromatic rings. The zero-order chi connectivity index (χ0) is 23.6. The van der Waals surface area contributed by atoms with E-state index in [0.717, 1.165) is 11.1 Å². The van der Waals surface area contributed by atoms with Crippen LogP contribution in [0.15, 0.2) is 23.0 Å². The molecular formula is C18H17ClF3N3O7. The van der Waals surface area contributed by atoms with Gasteiger partial charge in [-0.15, -0.1) is 5.01 Å². The lowest BCUT2D eigenvalue weighted by molar-refractivity contribution is -0.712. The Kier molecular flexibility index (Phi) is 6.67. The van der Waals surface area contributed by atoms with E-state index in [2.05, 4.69) is 14.9 Å². The fourth-order valence-corrected chi connectivity index (χ4v) is 3.64. The second-order valence-corrected chi connectivity index (χ2v) is 7.38. The van der Waals surface area contributed by atoms with Crippen LogP contribution in [-0.2, 0) is 19.2 Å². The minimum absolute atomic E-state index is 0.0443. The highest BCUT2D eigenvalue weighted by molar-refractivity contribution is 6.32. The van der Waals surface area contributed by atoms with Crippen LogP contribution in [-0.4, -0.2) is 58.7 Å². The quantitative estimate of drug-likeness (QED) is 0.165. The van der Waals surface area contributed by atoms with Gasteiger partial charge in [0.25, 0.3) is 6.79 Å². The number of hydrogen-bond acceptors (Lipinski definition) is 7. The second kappa shape index (κ2) is 9.10. The molecule has 0 amide bonds. The number of aryl methyl sites for hydroxylation is 1. The summed E-state index contributed by atoms with van der Waals surface area (Å²) >= 11 is 5.96. The van der Waals surface area contributed by atoms with E-state index in [1.807, 2.05) is 0 Å². The first-order valence-electron chi connectivity index (χ1n) is 9.20. The molecule has 0 aliphatic carbocycles. The number of aliphatic carboxylic acids is 1. The Bertz CT molecular complexity index is 983. The SMILES string of the molecule is Cc1cc(Cl)c2c(c1)C=C(C(=O)OCO/N=[N+](\[O-])N1CCC[C@H]1C(=O)O)[C@@H](C(F)(F)F)O2. The predicted octanol–water partition coefficient (Wildman–Crippen LogP) is 3.21. The first-order chi connectivity index (χ1) is 15.0. The van der Waals surface area contributed by atoms with Gasteiger partial charge >= 0.3 is 18.1 Å². The van der Waals surface area contributed by atoms with Crippen LogP contribution in [0, 0.1) is 12.1 Å². The first-order valence-corrected chi connectivity index (χ1v) is 9.58. The minimum Gasteiger partial charge on any atom is -0.569 e. The van der Waals surface area contributed by atoms with Crippen molar-refractivity contribution in [3.8, 4) is 5.75 Å². The van der Waals surface area contributed by atoms with Gasteiger partial charge in [0.2, 0.25) is 11.4 Å². The summed E-state index contributed by atoms with van der Waals surface area (Å²) in [6.07, 6.45) is -5.95. The van der Waals surface area contributed by atoms with Gasteiger partial charge in [-0.3, -0.25) is 0 Å². The van der Waals surface area contributed by atoms with Crippen molar-refractivity contribution in [3.05, 3.63) is 39.1 Å². The molecule has 0 bridgehead atoms. The molecule has 0 spiro atoms. The molecule has 0 aromatic heterocycles. The van der Waals surface area contributed by atoms with Crippen molar-refractivity contribution in [3.63, 3.8) is 0 Å². The molecule has 14 heteroatoms. The van der Waals surface area contributed by atoms with E-state index >= 15 is 0 Å². The van der Waals surface area contributed by atoms with Gasteiger partial charge in [-0.1, -0.05) is 11.6 Å². The average molecular weight is 480 g/mol. The van der Waals surface area contributed by atoms with Gasteiger partial charge in [-0.2, -0.15) is 13.2 Å². The number of nitrogens with zero attached hydrogens (tertiary/aromatic N) is 3. The zero-order valence-corrected chi connectivity index (χ0v) is 17.2. The molecule has 1 saturated heterocycles. The smallest absolute Gasteiger partial charge is 0.430 e. The van der Waals surface area contributed by atoms with Crippen molar-refractivity contribution in [1.29, 1.82) is 0 Å². The van der Waals surface area contributed by atoms with Crippen LogP contribution in [0.1, 0.15) is 24.0 Å². The predicted molar refractivity (Wildman–Crippen MR) is 100 cm³/mol. The molecule has 2 aliphatic heterocycles. The maximum Gasteiger partial charge on any atom is 0.430 e. The van der Waals surface area contributed by atoms with Crippen LogP contribution >= 0.6 is 11.6 Å².